The fourth-order valence-electron chi connectivity index (χ4n) is 10.3. The van der Waals surface area contributed by atoms with E-state index >= 15 is 0 Å². The van der Waals surface area contributed by atoms with E-state index in [0.29, 0.717) is 0 Å². The van der Waals surface area contributed by atoms with Gasteiger partial charge >= 0.3 is 0 Å². The van der Waals surface area contributed by atoms with Crippen LogP contribution in [0.3, 0.4) is 0 Å². The summed E-state index contributed by atoms with van der Waals surface area (Å²) in [5.74, 6) is 0. The van der Waals surface area contributed by atoms with Crippen molar-refractivity contribution in [3.05, 3.63) is 0 Å². The smallest absolute Gasteiger partial charge is 0.187 e. The van der Waals surface area contributed by atoms with Gasteiger partial charge in [0.05, 0.1) is 59.5 Å². The molecule has 37 nitrogen and oxygen atoms in total. The Bertz CT molecular complexity index is 1980. The van der Waals surface area contributed by atoms with Crippen molar-refractivity contribution in [2.45, 2.75) is 221 Å². The second kappa shape index (κ2) is 27.9. The zero-order valence-corrected chi connectivity index (χ0v) is 43.0. The van der Waals surface area contributed by atoms with Crippen LogP contribution in [0.5, 0.6) is 0 Å². The van der Waals surface area contributed by atoms with Gasteiger partial charge in [0.2, 0.25) is 0 Å². The molecule has 476 valence electrons. The third kappa shape index (κ3) is 13.9. The van der Waals surface area contributed by atoms with E-state index in [2.05, 4.69) is 0 Å². The van der Waals surface area contributed by atoms with E-state index in [9.17, 15) is 102 Å². The van der Waals surface area contributed by atoms with E-state index in [1.807, 2.05) is 0 Å². The molecule has 36 atom stereocenters. The summed E-state index contributed by atoms with van der Waals surface area (Å²) >= 11 is 0. The van der Waals surface area contributed by atoms with E-state index in [1.165, 1.54) is 0 Å². The van der Waals surface area contributed by atoms with Crippen LogP contribution in [-0.2, 0) is 80.5 Å². The monoisotopic (exact) mass is 1210 g/mol. The summed E-state index contributed by atoms with van der Waals surface area (Å²) in [5.41, 5.74) is 0. The van der Waals surface area contributed by atoms with Crippen LogP contribution in [0.1, 0.15) is 0 Å². The molecular weight excluding hydrogens is 1130 g/mol. The van der Waals surface area contributed by atoms with Crippen LogP contribution in [0.4, 0.5) is 0 Å². The summed E-state index contributed by atoms with van der Waals surface area (Å²) < 4.78 is 93.4. The van der Waals surface area contributed by atoms with E-state index in [0.717, 1.165) is 0 Å². The highest BCUT2D eigenvalue weighted by molar-refractivity contribution is 4.96. The standard InChI is InChI=1S/C45H74O37/c46-1-11-19(48)34(63)45(74-11)82-36-10(47)2-67-44(35(36)64)81-18-9-73-43(33(62)26(18)55)80-17-8-72-42(32(61)25(17)54)79-16-7-71-41(31(60)24(16)53)78-15-6-70-40(30(59)23(15)52)77-14-5-69-39(29(58)22(14)51)76-13-4-68-38(28(57)21(13)50)75-12-3-66-37(65)27(56)20(12)49/h10-65H,1-9H2/t10-,11+,12-,13-,14-,15-,16-,17-,18-,19-,20+,21+,22+,23+,24+,25+,26+,27?,28?,29?,30?,31?,32?,33?,34?,35?,36+,37-,38+,39-,40-,41-,42-,43-,44+,45+/m1/s1. The first-order valence-corrected chi connectivity index (χ1v) is 26.3. The Hall–Kier alpha value is -1.48. The molecule has 9 aliphatic rings. The van der Waals surface area contributed by atoms with Gasteiger partial charge in [-0.05, 0) is 0 Å². The van der Waals surface area contributed by atoms with Gasteiger partial charge < -0.3 is 183 Å². The largest absolute Gasteiger partial charge is 0.394 e. The molecule has 9 aliphatic heterocycles. The molecule has 9 unspecified atom stereocenters. The molecule has 9 fully saturated rings. The Kier molecular flexibility index (Phi) is 22.1. The van der Waals surface area contributed by atoms with Crippen molar-refractivity contribution >= 4 is 0 Å². The molecule has 0 aromatic carbocycles. The molecule has 0 spiro atoms. The van der Waals surface area contributed by atoms with Crippen molar-refractivity contribution in [1.82, 2.24) is 0 Å². The molecule has 82 heavy (non-hydrogen) atoms. The summed E-state index contributed by atoms with van der Waals surface area (Å²) in [6.07, 6.45) is -59.4. The fraction of sp³-hybridized carbons (Fsp3) is 1.00. The maximum absolute atomic E-state index is 11.0. The van der Waals surface area contributed by atoms with E-state index in [4.69, 9.17) is 80.5 Å². The van der Waals surface area contributed by atoms with Crippen LogP contribution in [0.2, 0.25) is 0 Å². The zero-order valence-electron chi connectivity index (χ0n) is 43.0. The first-order valence-electron chi connectivity index (χ1n) is 26.3. The molecule has 0 saturated carbocycles. The average molecular weight is 1210 g/mol. The van der Waals surface area contributed by atoms with Gasteiger partial charge in [0.1, 0.15) is 165 Å². The third-order valence-electron chi connectivity index (χ3n) is 15.4. The van der Waals surface area contributed by atoms with Crippen molar-refractivity contribution in [2.75, 3.05) is 59.5 Å². The van der Waals surface area contributed by atoms with Crippen molar-refractivity contribution in [3.63, 3.8) is 0 Å². The van der Waals surface area contributed by atoms with Gasteiger partial charge in [-0.25, -0.2) is 0 Å². The minimum atomic E-state index is -1.92. The quantitative estimate of drug-likeness (QED) is 0.0643. The normalized spacial score (nSPS) is 54.4. The van der Waals surface area contributed by atoms with Gasteiger partial charge in [-0.1, -0.05) is 0 Å². The minimum Gasteiger partial charge on any atom is -0.394 e. The number of aliphatic hydroxyl groups is 20. The molecule has 0 bridgehead atoms. The topological polar surface area (TPSA) is 562 Å². The molecular formula is C45H74O37. The first kappa shape index (κ1) is 65.0. The number of aliphatic hydroxyl groups excluding tert-OH is 20. The van der Waals surface area contributed by atoms with Crippen LogP contribution in [0, 0.1) is 0 Å². The first-order chi connectivity index (χ1) is 39.0. The van der Waals surface area contributed by atoms with Gasteiger partial charge in [-0.15, -0.1) is 0 Å². The maximum atomic E-state index is 11.0. The summed E-state index contributed by atoms with van der Waals surface area (Å²) in [5, 5.41) is 212. The number of rotatable bonds is 17. The van der Waals surface area contributed by atoms with Gasteiger partial charge in [-0.2, -0.15) is 0 Å². The lowest BCUT2D eigenvalue weighted by Gasteiger charge is -2.46. The van der Waals surface area contributed by atoms with Crippen molar-refractivity contribution < 1.29 is 183 Å². The van der Waals surface area contributed by atoms with Crippen LogP contribution in [0.15, 0.2) is 0 Å². The molecule has 0 radical (unpaired) electrons. The Balaban J connectivity index is 0.676. The van der Waals surface area contributed by atoms with Crippen molar-refractivity contribution in [2.24, 2.45) is 0 Å². The molecule has 37 heteroatoms. The number of ether oxygens (including phenoxy) is 17. The lowest BCUT2D eigenvalue weighted by Crippen LogP contribution is -2.63. The van der Waals surface area contributed by atoms with Crippen molar-refractivity contribution in [3.8, 4) is 0 Å². The van der Waals surface area contributed by atoms with Gasteiger partial charge in [-0.3, -0.25) is 0 Å². The molecule has 0 aromatic rings. The lowest BCUT2D eigenvalue weighted by molar-refractivity contribution is -0.369. The average Bonchev–Trinajstić information content (AvgIpc) is 3.86. The minimum absolute atomic E-state index is 0.393. The molecule has 0 aromatic heterocycles. The van der Waals surface area contributed by atoms with Crippen LogP contribution >= 0.6 is 0 Å². The van der Waals surface area contributed by atoms with Crippen LogP contribution in [0.25, 0.3) is 0 Å². The Morgan fingerprint density at radius 3 is 0.768 bits per heavy atom. The fourth-order valence-corrected chi connectivity index (χ4v) is 10.3. The molecule has 0 amide bonds. The Labute approximate surface area is 463 Å². The van der Waals surface area contributed by atoms with Gasteiger partial charge in [0, 0.05) is 0 Å². The van der Waals surface area contributed by atoms with E-state index < -0.39 is 281 Å². The molecule has 20 N–H and O–H groups in total. The summed E-state index contributed by atoms with van der Waals surface area (Å²) in [6.45, 7) is -4.70. The Morgan fingerprint density at radius 1 is 0.244 bits per heavy atom. The summed E-state index contributed by atoms with van der Waals surface area (Å²) in [7, 11) is 0. The second-order valence-corrected chi connectivity index (χ2v) is 21.1. The highest BCUT2D eigenvalue weighted by atomic mass is 16.8. The van der Waals surface area contributed by atoms with E-state index in [-0.39, 0.29) is 0 Å². The molecule has 9 heterocycles. The van der Waals surface area contributed by atoms with Gasteiger partial charge in [0.25, 0.3) is 0 Å². The highest BCUT2D eigenvalue weighted by Gasteiger charge is 2.54. The zero-order chi connectivity index (χ0) is 59.2. The number of hydrogen-bond acceptors (Lipinski definition) is 37. The lowest BCUT2D eigenvalue weighted by atomic mass is 10.0. The summed E-state index contributed by atoms with van der Waals surface area (Å²) in [4.78, 5) is 0. The number of hydrogen-bond donors (Lipinski definition) is 20. The molecule has 0 aliphatic carbocycles. The molecule has 9 rings (SSSR count). The predicted octanol–water partition coefficient (Wildman–Crippen LogP) is -14.9. The SMILES string of the molecule is OC[C@@H]1O[C@@H](O[C@@H]2C(O)[C@H](O[C@@H]3CO[C@H](O[C@@H]4CO[C@H](O[C@@H]5CO[C@H](O[C@@H]6CO[C@H](O[C@@H]7CO[C@H](O[C@@H]8CO[C@@H](O[C@@H]9CO[C@@H](O)C(O)[C@H]9O)C(O)[C@H]8O)C(O)[C@H]7O)C(O)[C@H]6O)C(O)[C@H]5O)C(O)[C@H]4O)C(O)[C@H]3O)OC[C@H]2O)C(O)[C@@H]1O. The van der Waals surface area contributed by atoms with E-state index in [1.54, 1.807) is 0 Å². The van der Waals surface area contributed by atoms with Gasteiger partial charge in [0.15, 0.2) is 56.6 Å². The maximum Gasteiger partial charge on any atom is 0.187 e. The second-order valence-electron chi connectivity index (χ2n) is 21.1. The molecule has 9 saturated heterocycles. The third-order valence-corrected chi connectivity index (χ3v) is 15.4. The van der Waals surface area contributed by atoms with Crippen LogP contribution < -0.4 is 0 Å². The van der Waals surface area contributed by atoms with Crippen molar-refractivity contribution in [1.29, 1.82) is 0 Å². The predicted molar refractivity (Wildman–Crippen MR) is 243 cm³/mol. The van der Waals surface area contributed by atoms with Crippen LogP contribution in [-0.4, -0.2) is 383 Å². The Morgan fingerprint density at radius 2 is 0.488 bits per heavy atom. The summed E-state index contributed by atoms with van der Waals surface area (Å²) in [6, 6.07) is 0. The highest BCUT2D eigenvalue weighted by Crippen LogP contribution is 2.34.